The number of fused-ring (bicyclic) bond motifs is 1. The van der Waals surface area contributed by atoms with Crippen molar-refractivity contribution in [3.05, 3.63) is 34.2 Å². The molecule has 24 heavy (non-hydrogen) atoms. The lowest BCUT2D eigenvalue weighted by atomic mass is 10.1. The van der Waals surface area contributed by atoms with E-state index in [2.05, 4.69) is 21.9 Å². The average Bonchev–Trinajstić information content (AvgIpc) is 3.20. The molecule has 0 spiro atoms. The quantitative estimate of drug-likeness (QED) is 0.821. The van der Waals surface area contributed by atoms with Crippen molar-refractivity contribution in [2.75, 3.05) is 11.9 Å². The van der Waals surface area contributed by atoms with Crippen LogP contribution in [-0.4, -0.2) is 39.1 Å². The third kappa shape index (κ3) is 3.76. The molecule has 0 bridgehead atoms. The Morgan fingerprint density at radius 1 is 1.46 bits per heavy atom. The first-order valence-corrected chi connectivity index (χ1v) is 8.83. The number of nitrogens with two attached hydrogens (primary N) is 1. The van der Waals surface area contributed by atoms with Crippen molar-refractivity contribution in [1.29, 1.82) is 0 Å². The van der Waals surface area contributed by atoms with E-state index in [4.69, 9.17) is 5.73 Å². The molecule has 3 rings (SSSR count). The fraction of sp³-hybridized carbons (Fsp3) is 0.438. The van der Waals surface area contributed by atoms with E-state index in [1.165, 1.54) is 10.4 Å². The summed E-state index contributed by atoms with van der Waals surface area (Å²) in [5, 5.41) is 9.52. The molecule has 0 unspecified atom stereocenters. The normalized spacial score (nSPS) is 15.0. The number of thiophene rings is 1. The average molecular weight is 347 g/mol. The maximum Gasteiger partial charge on any atom is 0.245 e. The molecule has 0 aromatic carbocycles. The van der Waals surface area contributed by atoms with Gasteiger partial charge in [0, 0.05) is 43.2 Å². The number of carbonyl (C=O) groups excluding carboxylic acids is 2. The van der Waals surface area contributed by atoms with E-state index in [0.717, 1.165) is 13.0 Å². The molecule has 3 N–H and O–H groups in total. The summed E-state index contributed by atoms with van der Waals surface area (Å²) >= 11 is 1.76. The zero-order valence-electron chi connectivity index (χ0n) is 13.6. The predicted octanol–water partition coefficient (Wildman–Crippen LogP) is 1.21. The summed E-state index contributed by atoms with van der Waals surface area (Å²) in [6.07, 6.45) is 2.93. The number of primary amides is 1. The summed E-state index contributed by atoms with van der Waals surface area (Å²) in [6.45, 7) is 3.71. The molecule has 1 aliphatic heterocycles. The molecule has 0 radical (unpaired) electrons. The second-order valence-electron chi connectivity index (χ2n) is 5.93. The lowest BCUT2D eigenvalue weighted by molar-refractivity contribution is -0.132. The van der Waals surface area contributed by atoms with Crippen molar-refractivity contribution in [3.63, 3.8) is 0 Å². The van der Waals surface area contributed by atoms with Gasteiger partial charge in [-0.3, -0.25) is 14.3 Å². The predicted molar refractivity (Wildman–Crippen MR) is 92.6 cm³/mol. The Balaban J connectivity index is 1.56. The number of nitrogens with zero attached hydrogens (tertiary/aromatic N) is 3. The van der Waals surface area contributed by atoms with Crippen LogP contribution in [0.25, 0.3) is 0 Å². The van der Waals surface area contributed by atoms with Crippen LogP contribution in [0.5, 0.6) is 0 Å². The second-order valence-corrected chi connectivity index (χ2v) is 6.93. The zero-order valence-corrected chi connectivity index (χ0v) is 14.4. The van der Waals surface area contributed by atoms with Crippen molar-refractivity contribution in [2.24, 2.45) is 5.73 Å². The molecule has 3 heterocycles. The van der Waals surface area contributed by atoms with E-state index in [-0.39, 0.29) is 24.3 Å². The van der Waals surface area contributed by atoms with Crippen LogP contribution < -0.4 is 11.1 Å². The van der Waals surface area contributed by atoms with Crippen LogP contribution in [0.1, 0.15) is 23.8 Å². The van der Waals surface area contributed by atoms with E-state index < -0.39 is 0 Å². The summed E-state index contributed by atoms with van der Waals surface area (Å²) in [5.74, 6) is 0.327. The van der Waals surface area contributed by atoms with E-state index in [0.29, 0.717) is 18.9 Å². The number of aryl methyl sites for hydroxylation is 1. The summed E-state index contributed by atoms with van der Waals surface area (Å²) < 4.78 is 1.64. The lowest BCUT2D eigenvalue weighted by Crippen LogP contribution is -2.43. The molecule has 2 aromatic heterocycles. The molecule has 0 saturated carbocycles. The molecular weight excluding hydrogens is 326 g/mol. The Labute approximate surface area is 144 Å². The first kappa shape index (κ1) is 16.5. The van der Waals surface area contributed by atoms with Gasteiger partial charge in [-0.2, -0.15) is 5.10 Å². The molecule has 8 heteroatoms. The first-order chi connectivity index (χ1) is 11.5. The number of hydrogen-bond acceptors (Lipinski definition) is 5. The minimum atomic E-state index is -0.360. The van der Waals surface area contributed by atoms with Gasteiger partial charge in [0.25, 0.3) is 0 Å². The van der Waals surface area contributed by atoms with E-state index >= 15 is 0 Å². The largest absolute Gasteiger partial charge is 0.370 e. The third-order valence-electron chi connectivity index (χ3n) is 4.08. The Bertz CT molecular complexity index is 738. The van der Waals surface area contributed by atoms with Crippen molar-refractivity contribution in [2.45, 2.75) is 38.9 Å². The number of aromatic nitrogens is 2. The Morgan fingerprint density at radius 2 is 2.29 bits per heavy atom. The second kappa shape index (κ2) is 7.04. The lowest BCUT2D eigenvalue weighted by Gasteiger charge is -2.29. The molecule has 0 aliphatic carbocycles. The highest BCUT2D eigenvalue weighted by molar-refractivity contribution is 7.10. The van der Waals surface area contributed by atoms with Crippen molar-refractivity contribution >= 4 is 29.0 Å². The summed E-state index contributed by atoms with van der Waals surface area (Å²) in [4.78, 5) is 26.7. The van der Waals surface area contributed by atoms with Crippen LogP contribution >= 0.6 is 11.3 Å². The molecule has 0 fully saturated rings. The van der Waals surface area contributed by atoms with Gasteiger partial charge in [-0.1, -0.05) is 0 Å². The molecule has 0 saturated heterocycles. The van der Waals surface area contributed by atoms with Gasteiger partial charge in [0.1, 0.15) is 11.9 Å². The van der Waals surface area contributed by atoms with Gasteiger partial charge in [-0.15, -0.1) is 11.3 Å². The number of anilines is 1. The number of amides is 2. The number of carbonyl (C=O) groups is 2. The first-order valence-electron chi connectivity index (χ1n) is 7.95. The minimum Gasteiger partial charge on any atom is -0.370 e. The van der Waals surface area contributed by atoms with Crippen LogP contribution in [0.3, 0.4) is 0 Å². The molecule has 1 aliphatic rings. The van der Waals surface area contributed by atoms with Crippen LogP contribution in [0, 0.1) is 0 Å². The van der Waals surface area contributed by atoms with Gasteiger partial charge in [0.15, 0.2) is 0 Å². The maximum absolute atomic E-state index is 12.6. The van der Waals surface area contributed by atoms with E-state index in [1.54, 1.807) is 28.3 Å². The van der Waals surface area contributed by atoms with Gasteiger partial charge >= 0.3 is 0 Å². The van der Waals surface area contributed by atoms with Gasteiger partial charge < -0.3 is 16.0 Å². The Morgan fingerprint density at radius 3 is 3.08 bits per heavy atom. The van der Waals surface area contributed by atoms with Gasteiger partial charge in [-0.05, 0) is 30.4 Å². The number of nitrogens with one attached hydrogen (secondary N) is 1. The smallest absolute Gasteiger partial charge is 0.245 e. The molecule has 2 amide bonds. The highest BCUT2D eigenvalue weighted by Gasteiger charge is 2.25. The fourth-order valence-corrected chi connectivity index (χ4v) is 3.67. The molecule has 2 aromatic rings. The maximum atomic E-state index is 12.6. The van der Waals surface area contributed by atoms with Crippen molar-refractivity contribution in [3.8, 4) is 0 Å². The fourth-order valence-electron chi connectivity index (χ4n) is 2.78. The summed E-state index contributed by atoms with van der Waals surface area (Å²) in [5.41, 5.74) is 6.38. The molecule has 128 valence electrons. The molecule has 7 nitrogen and oxygen atoms in total. The summed E-state index contributed by atoms with van der Waals surface area (Å²) in [6, 6.07) is 3.53. The van der Waals surface area contributed by atoms with Gasteiger partial charge in [-0.25, -0.2) is 0 Å². The SMILES string of the molecule is C[C@@H](Nc1ccn(CCC(N)=O)n1)C(=O)N1CCc2sccc2C1. The van der Waals surface area contributed by atoms with Crippen molar-refractivity contribution in [1.82, 2.24) is 14.7 Å². The standard InChI is InChI=1S/C16H21N5O2S/c1-11(18-15-4-8-21(19-15)7-3-14(17)22)16(23)20-6-2-13-12(10-20)5-9-24-13/h4-5,8-9,11H,2-3,6-7,10H2,1H3,(H2,17,22)(H,18,19)/t11-/m1/s1. The van der Waals surface area contributed by atoms with E-state index in [9.17, 15) is 9.59 Å². The zero-order chi connectivity index (χ0) is 17.1. The van der Waals surface area contributed by atoms with Crippen molar-refractivity contribution < 1.29 is 9.59 Å². The minimum absolute atomic E-state index is 0.0681. The van der Waals surface area contributed by atoms with E-state index in [1.807, 2.05) is 11.8 Å². The van der Waals surface area contributed by atoms with Crippen LogP contribution in [0.4, 0.5) is 5.82 Å². The monoisotopic (exact) mass is 347 g/mol. The Kier molecular flexibility index (Phi) is 4.84. The number of rotatable bonds is 6. The van der Waals surface area contributed by atoms with Crippen LogP contribution in [-0.2, 0) is 29.1 Å². The van der Waals surface area contributed by atoms with Gasteiger partial charge in [0.2, 0.25) is 11.8 Å². The number of hydrogen-bond donors (Lipinski definition) is 2. The highest BCUT2D eigenvalue weighted by Crippen LogP contribution is 2.24. The highest BCUT2D eigenvalue weighted by atomic mass is 32.1. The Hall–Kier alpha value is -2.35. The van der Waals surface area contributed by atoms with Gasteiger partial charge in [0.05, 0.1) is 0 Å². The van der Waals surface area contributed by atoms with Crippen LogP contribution in [0.2, 0.25) is 0 Å². The topological polar surface area (TPSA) is 93.2 Å². The summed E-state index contributed by atoms with van der Waals surface area (Å²) in [7, 11) is 0. The molecular formula is C16H21N5O2S. The van der Waals surface area contributed by atoms with Crippen LogP contribution in [0.15, 0.2) is 23.7 Å². The third-order valence-corrected chi connectivity index (χ3v) is 5.11. The molecule has 1 atom stereocenters.